The van der Waals surface area contributed by atoms with Gasteiger partial charge in [-0.1, -0.05) is 152 Å². The Bertz CT molecular complexity index is 4060. The molecule has 5 aromatic heterocycles. The van der Waals surface area contributed by atoms with Crippen LogP contribution in [0, 0.1) is 0 Å². The summed E-state index contributed by atoms with van der Waals surface area (Å²) >= 11 is 1.86. The van der Waals surface area contributed by atoms with Crippen LogP contribution in [0.1, 0.15) is 0 Å². The van der Waals surface area contributed by atoms with Gasteiger partial charge in [0.2, 0.25) is 5.95 Å². The largest absolute Gasteiger partial charge is 0.307 e. The zero-order chi connectivity index (χ0) is 38.3. The van der Waals surface area contributed by atoms with E-state index in [2.05, 4.69) is 191 Å². The van der Waals surface area contributed by atoms with E-state index < -0.39 is 0 Å². The van der Waals surface area contributed by atoms with Crippen LogP contribution in [0.3, 0.4) is 0 Å². The number of hydrogen-bond donors (Lipinski definition) is 0. The fraction of sp³-hybridized carbons (Fsp3) is 0. The number of aromatic nitrogens is 4. The monoisotopic (exact) mass is 766 g/mol. The van der Waals surface area contributed by atoms with Gasteiger partial charge in [0.05, 0.1) is 38.8 Å². The second kappa shape index (κ2) is 11.5. The summed E-state index contributed by atoms with van der Waals surface area (Å²) in [4.78, 5) is 11.2. The fourth-order valence-electron chi connectivity index (χ4n) is 10.1. The van der Waals surface area contributed by atoms with Gasteiger partial charge < -0.3 is 4.40 Å². The Labute approximate surface area is 340 Å². The molecule has 0 aliphatic rings. The third-order valence-electron chi connectivity index (χ3n) is 12.6. The van der Waals surface area contributed by atoms with E-state index in [-0.39, 0.29) is 0 Å². The molecule has 5 heterocycles. The number of hydrogen-bond acceptors (Lipinski definition) is 3. The Morgan fingerprint density at radius 2 is 1.03 bits per heavy atom. The van der Waals surface area contributed by atoms with Crippen molar-refractivity contribution >= 4 is 113 Å². The van der Waals surface area contributed by atoms with Crippen molar-refractivity contribution in [1.29, 1.82) is 0 Å². The lowest BCUT2D eigenvalue weighted by Gasteiger charge is -2.14. The molecule has 9 aromatic carbocycles. The topological polar surface area (TPSA) is 35.1 Å². The average molecular weight is 767 g/mol. The van der Waals surface area contributed by atoms with Gasteiger partial charge in [-0.15, -0.1) is 11.3 Å². The van der Waals surface area contributed by atoms with Gasteiger partial charge in [0, 0.05) is 63.4 Å². The second-order valence-electron chi connectivity index (χ2n) is 15.7. The van der Waals surface area contributed by atoms with Crippen LogP contribution >= 0.6 is 11.3 Å². The molecule has 0 amide bonds. The summed E-state index contributed by atoms with van der Waals surface area (Å²) in [5.41, 5.74) is 11.2. The molecule has 5 heteroatoms. The van der Waals surface area contributed by atoms with Crippen LogP contribution < -0.4 is 0 Å². The van der Waals surface area contributed by atoms with Crippen molar-refractivity contribution in [3.8, 4) is 28.3 Å². The number of fused-ring (bicyclic) bond motifs is 12. The molecule has 0 radical (unpaired) electrons. The Hall–Kier alpha value is -7.60. The molecule has 0 atom stereocenters. The van der Waals surface area contributed by atoms with E-state index >= 15 is 0 Å². The highest BCUT2D eigenvalue weighted by molar-refractivity contribution is 7.26. The van der Waals surface area contributed by atoms with Crippen LogP contribution in [0.4, 0.5) is 0 Å². The Kier molecular flexibility index (Phi) is 6.14. The zero-order valence-corrected chi connectivity index (χ0v) is 32.3. The molecule has 0 spiro atoms. The SMILES string of the molecule is c1ccc(-c2ccc(-c3nc(-n4c5cccc6c7cccc8c9ccccc9n(c78)c7c8c(cc4c7c65)sc4ccccc48)nc4c3ccc3ccccc34)cc2)cc1. The minimum Gasteiger partial charge on any atom is -0.307 e. The molecule has 59 heavy (non-hydrogen) atoms. The lowest BCUT2D eigenvalue weighted by atomic mass is 9.99. The van der Waals surface area contributed by atoms with Gasteiger partial charge in [-0.05, 0) is 52.2 Å². The van der Waals surface area contributed by atoms with E-state index in [0.29, 0.717) is 5.95 Å². The molecule has 0 saturated heterocycles. The molecule has 4 nitrogen and oxygen atoms in total. The number of benzene rings is 9. The highest BCUT2D eigenvalue weighted by Gasteiger charge is 2.26. The van der Waals surface area contributed by atoms with Gasteiger partial charge >= 0.3 is 0 Å². The van der Waals surface area contributed by atoms with Crippen LogP contribution in [-0.2, 0) is 0 Å². The van der Waals surface area contributed by atoms with Gasteiger partial charge in [-0.2, -0.15) is 0 Å². The number of rotatable bonds is 3. The van der Waals surface area contributed by atoms with Crippen molar-refractivity contribution in [2.75, 3.05) is 0 Å². The van der Waals surface area contributed by atoms with E-state index in [4.69, 9.17) is 9.97 Å². The molecular formula is C54H30N4S. The van der Waals surface area contributed by atoms with E-state index in [0.717, 1.165) is 44.0 Å². The molecule has 0 unspecified atom stereocenters. The average Bonchev–Trinajstić information content (AvgIpc) is 3.93. The molecule has 14 aromatic rings. The van der Waals surface area contributed by atoms with E-state index in [9.17, 15) is 0 Å². The molecule has 14 rings (SSSR count). The van der Waals surface area contributed by atoms with Crippen molar-refractivity contribution in [2.45, 2.75) is 0 Å². The summed E-state index contributed by atoms with van der Waals surface area (Å²) in [5, 5.41) is 13.3. The van der Waals surface area contributed by atoms with Crippen molar-refractivity contribution in [2.24, 2.45) is 0 Å². The number of thiophene rings is 1. The lowest BCUT2D eigenvalue weighted by Crippen LogP contribution is -2.04. The maximum absolute atomic E-state index is 5.62. The molecular weight excluding hydrogens is 737 g/mol. The smallest absolute Gasteiger partial charge is 0.235 e. The predicted octanol–water partition coefficient (Wildman–Crippen LogP) is 14.7. The van der Waals surface area contributed by atoms with Crippen LogP contribution in [0.25, 0.3) is 130 Å². The van der Waals surface area contributed by atoms with Crippen molar-refractivity contribution < 1.29 is 0 Å². The lowest BCUT2D eigenvalue weighted by molar-refractivity contribution is 1.02. The molecule has 0 N–H and O–H groups in total. The van der Waals surface area contributed by atoms with Gasteiger partial charge in [0.15, 0.2) is 0 Å². The molecule has 272 valence electrons. The van der Waals surface area contributed by atoms with Gasteiger partial charge in [-0.3, -0.25) is 4.57 Å². The maximum atomic E-state index is 5.62. The molecule has 0 bridgehead atoms. The summed E-state index contributed by atoms with van der Waals surface area (Å²) < 4.78 is 7.44. The molecule has 0 aliphatic carbocycles. The van der Waals surface area contributed by atoms with Crippen LogP contribution in [0.5, 0.6) is 0 Å². The van der Waals surface area contributed by atoms with E-state index in [1.165, 1.54) is 80.2 Å². The van der Waals surface area contributed by atoms with Crippen LogP contribution in [-0.4, -0.2) is 18.9 Å². The second-order valence-corrected chi connectivity index (χ2v) is 16.8. The first-order chi connectivity index (χ1) is 29.3. The summed E-state index contributed by atoms with van der Waals surface area (Å²) in [5.74, 6) is 0.663. The molecule has 0 aliphatic heterocycles. The summed E-state index contributed by atoms with van der Waals surface area (Å²) in [7, 11) is 0. The van der Waals surface area contributed by atoms with Gasteiger partial charge in [-0.25, -0.2) is 9.97 Å². The zero-order valence-electron chi connectivity index (χ0n) is 31.5. The summed E-state index contributed by atoms with van der Waals surface area (Å²) in [6, 6.07) is 66.2. The van der Waals surface area contributed by atoms with Crippen LogP contribution in [0.15, 0.2) is 182 Å². The standard InChI is InChI=1S/C54H30N4S/c1-2-12-31(13-3-1)32-24-26-34(27-25-32)50-41-29-28-33-14-4-5-15-35(33)51(41)56-54(55-50)57-43-22-11-18-37-39-20-10-19-38-36-16-6-8-21-42(36)58(52(38)39)53-48-40-17-7-9-23-45(40)59-46(48)30-44(57)49(53)47(37)43/h1-30H. The minimum atomic E-state index is 0.663. The van der Waals surface area contributed by atoms with E-state index in [1.54, 1.807) is 0 Å². The fourth-order valence-corrected chi connectivity index (χ4v) is 11.3. The molecule has 0 fully saturated rings. The Morgan fingerprint density at radius 1 is 0.373 bits per heavy atom. The van der Waals surface area contributed by atoms with Crippen LogP contribution in [0.2, 0.25) is 0 Å². The minimum absolute atomic E-state index is 0.663. The van der Waals surface area contributed by atoms with Gasteiger partial charge in [0.25, 0.3) is 0 Å². The van der Waals surface area contributed by atoms with Crippen molar-refractivity contribution in [3.05, 3.63) is 182 Å². The predicted molar refractivity (Wildman–Crippen MR) is 250 cm³/mol. The quantitative estimate of drug-likeness (QED) is 0.168. The maximum Gasteiger partial charge on any atom is 0.235 e. The number of para-hydroxylation sites is 2. The van der Waals surface area contributed by atoms with Crippen molar-refractivity contribution in [3.63, 3.8) is 0 Å². The van der Waals surface area contributed by atoms with Gasteiger partial charge in [0.1, 0.15) is 0 Å². The van der Waals surface area contributed by atoms with Crippen molar-refractivity contribution in [1.82, 2.24) is 18.9 Å². The Balaban J connectivity index is 1.19. The summed E-state index contributed by atoms with van der Waals surface area (Å²) in [6.45, 7) is 0. The first-order valence-electron chi connectivity index (χ1n) is 20.1. The third kappa shape index (κ3) is 4.16. The summed E-state index contributed by atoms with van der Waals surface area (Å²) in [6.07, 6.45) is 0. The first kappa shape index (κ1) is 31.5. The number of nitrogens with zero attached hydrogens (tertiary/aromatic N) is 4. The Morgan fingerprint density at radius 3 is 1.92 bits per heavy atom. The third-order valence-corrected chi connectivity index (χ3v) is 13.8. The van der Waals surface area contributed by atoms with E-state index in [1.807, 2.05) is 11.3 Å². The molecule has 0 saturated carbocycles. The highest BCUT2D eigenvalue weighted by Crippen LogP contribution is 2.49. The highest BCUT2D eigenvalue weighted by atomic mass is 32.1. The first-order valence-corrected chi connectivity index (χ1v) is 20.9. The normalized spacial score (nSPS) is 12.4.